The molecule has 0 saturated heterocycles. The van der Waals surface area contributed by atoms with Gasteiger partial charge < -0.3 is 5.32 Å². The number of halogens is 1. The number of aromatic nitrogens is 5. The number of benzene rings is 2. The maximum absolute atomic E-state index is 13.5. The van der Waals surface area contributed by atoms with Crippen LogP contribution < -0.4 is 5.32 Å². The first-order valence-electron chi connectivity index (χ1n) is 8.80. The summed E-state index contributed by atoms with van der Waals surface area (Å²) in [6.45, 7) is -0.591. The third kappa shape index (κ3) is 2.73. The number of nitrogens with one attached hydrogen (secondary N) is 2. The predicted molar refractivity (Wildman–Crippen MR) is 107 cm³/mol. The molecular formula is C21H15FN6. The van der Waals surface area contributed by atoms with Gasteiger partial charge in [0.1, 0.15) is 12.5 Å². The summed E-state index contributed by atoms with van der Waals surface area (Å²) >= 11 is 0. The molecule has 0 radical (unpaired) electrons. The Kier molecular flexibility index (Phi) is 3.90. The van der Waals surface area contributed by atoms with E-state index in [2.05, 4.69) is 30.5 Å². The fourth-order valence-corrected chi connectivity index (χ4v) is 3.20. The lowest BCUT2D eigenvalue weighted by Gasteiger charge is -2.11. The van der Waals surface area contributed by atoms with Gasteiger partial charge in [0.05, 0.1) is 10.9 Å². The summed E-state index contributed by atoms with van der Waals surface area (Å²) in [5.74, 6) is 1.64. The Morgan fingerprint density at radius 3 is 2.61 bits per heavy atom. The van der Waals surface area contributed by atoms with Crippen LogP contribution >= 0.6 is 0 Å². The molecule has 5 aromatic rings. The third-order valence-electron chi connectivity index (χ3n) is 4.58. The first-order chi connectivity index (χ1) is 13.8. The Morgan fingerprint density at radius 2 is 1.68 bits per heavy atom. The number of rotatable bonds is 4. The fraction of sp³-hybridized carbons (Fsp3) is 0.0476. The van der Waals surface area contributed by atoms with Crippen LogP contribution in [0.2, 0.25) is 0 Å². The number of fused-ring (bicyclic) bond motifs is 2. The lowest BCUT2D eigenvalue weighted by molar-refractivity contribution is 0.486. The molecule has 3 aromatic heterocycles. The molecule has 0 atom stereocenters. The molecule has 0 spiro atoms. The summed E-state index contributed by atoms with van der Waals surface area (Å²) in [7, 11) is 0. The van der Waals surface area contributed by atoms with Crippen LogP contribution in [-0.2, 0) is 6.67 Å². The summed E-state index contributed by atoms with van der Waals surface area (Å²) in [4.78, 5) is 13.6. The Hall–Kier alpha value is -3.87. The summed E-state index contributed by atoms with van der Waals surface area (Å²) in [5, 5.41) is 12.4. The maximum atomic E-state index is 13.5. The third-order valence-corrected chi connectivity index (χ3v) is 4.58. The standard InChI is InChI=1S/C21H15FN6/c22-12-13-6-1-2-7-14(13)19-24-18-16(9-5-11-23-18)20(25-19)26-21-15-8-3-4-10-17(15)27-28-21/h1-11H,12H2,(H2,23,24,25,26,27,28). The van der Waals surface area contributed by atoms with Gasteiger partial charge in [-0.05, 0) is 29.8 Å². The van der Waals surface area contributed by atoms with E-state index in [0.717, 1.165) is 16.3 Å². The second-order valence-electron chi connectivity index (χ2n) is 6.30. The molecule has 0 aliphatic rings. The smallest absolute Gasteiger partial charge is 0.165 e. The minimum absolute atomic E-state index is 0.418. The van der Waals surface area contributed by atoms with Crippen LogP contribution in [0.5, 0.6) is 0 Å². The van der Waals surface area contributed by atoms with Gasteiger partial charge in [-0.2, -0.15) is 5.10 Å². The number of para-hydroxylation sites is 1. The van der Waals surface area contributed by atoms with E-state index in [1.165, 1.54) is 0 Å². The molecule has 6 nitrogen and oxygen atoms in total. The molecule has 2 N–H and O–H groups in total. The first-order valence-corrected chi connectivity index (χ1v) is 8.80. The van der Waals surface area contributed by atoms with Crippen LogP contribution in [0, 0.1) is 0 Å². The highest BCUT2D eigenvalue weighted by atomic mass is 19.1. The zero-order valence-corrected chi connectivity index (χ0v) is 14.7. The van der Waals surface area contributed by atoms with Crippen LogP contribution in [0.15, 0.2) is 66.9 Å². The number of hydrogen-bond donors (Lipinski definition) is 2. The largest absolute Gasteiger partial charge is 0.322 e. The summed E-state index contributed by atoms with van der Waals surface area (Å²) in [6.07, 6.45) is 1.67. The lowest BCUT2D eigenvalue weighted by Crippen LogP contribution is -2.02. The fourth-order valence-electron chi connectivity index (χ4n) is 3.20. The van der Waals surface area contributed by atoms with E-state index in [4.69, 9.17) is 0 Å². The minimum atomic E-state index is -0.591. The lowest BCUT2D eigenvalue weighted by atomic mass is 10.1. The highest BCUT2D eigenvalue weighted by molar-refractivity contribution is 5.95. The Bertz CT molecular complexity index is 1300. The highest BCUT2D eigenvalue weighted by Crippen LogP contribution is 2.30. The van der Waals surface area contributed by atoms with Gasteiger partial charge in [-0.1, -0.05) is 36.4 Å². The first kappa shape index (κ1) is 16.3. The highest BCUT2D eigenvalue weighted by Gasteiger charge is 2.14. The number of hydrogen-bond acceptors (Lipinski definition) is 5. The number of anilines is 2. The molecule has 136 valence electrons. The van der Waals surface area contributed by atoms with Crippen molar-refractivity contribution in [3.05, 3.63) is 72.4 Å². The summed E-state index contributed by atoms with van der Waals surface area (Å²) < 4.78 is 13.5. The van der Waals surface area contributed by atoms with Gasteiger partial charge in [0.15, 0.2) is 17.3 Å². The zero-order valence-electron chi connectivity index (χ0n) is 14.7. The summed E-state index contributed by atoms with van der Waals surface area (Å²) in [5.41, 5.74) is 2.63. The van der Waals surface area contributed by atoms with Gasteiger partial charge in [0.2, 0.25) is 0 Å². The SMILES string of the molecule is FCc1ccccc1-c1nc(Nc2n[nH]c3ccccc23)c2cccnc2n1. The van der Waals surface area contributed by atoms with Gasteiger partial charge in [0.25, 0.3) is 0 Å². The van der Waals surface area contributed by atoms with Crippen LogP contribution in [-0.4, -0.2) is 25.1 Å². The van der Waals surface area contributed by atoms with Crippen LogP contribution in [0.4, 0.5) is 16.0 Å². The molecule has 0 unspecified atom stereocenters. The Morgan fingerprint density at radius 1 is 0.857 bits per heavy atom. The Balaban J connectivity index is 1.69. The van der Waals surface area contributed by atoms with E-state index in [9.17, 15) is 4.39 Å². The minimum Gasteiger partial charge on any atom is -0.322 e. The van der Waals surface area contributed by atoms with E-state index in [-0.39, 0.29) is 0 Å². The van der Waals surface area contributed by atoms with Crippen molar-refractivity contribution in [3.63, 3.8) is 0 Å². The average molecular weight is 370 g/mol. The molecule has 0 aliphatic carbocycles. The van der Waals surface area contributed by atoms with Gasteiger partial charge in [-0.3, -0.25) is 5.10 Å². The molecule has 0 bridgehead atoms. The van der Waals surface area contributed by atoms with Crippen molar-refractivity contribution in [3.8, 4) is 11.4 Å². The van der Waals surface area contributed by atoms with Crippen molar-refractivity contribution < 1.29 is 4.39 Å². The molecule has 0 saturated carbocycles. The van der Waals surface area contributed by atoms with E-state index in [1.54, 1.807) is 18.3 Å². The average Bonchev–Trinajstić information content (AvgIpc) is 3.16. The van der Waals surface area contributed by atoms with Gasteiger partial charge >= 0.3 is 0 Å². The topological polar surface area (TPSA) is 79.4 Å². The molecule has 3 heterocycles. The molecule has 0 aliphatic heterocycles. The van der Waals surface area contributed by atoms with Gasteiger partial charge in [0, 0.05) is 17.1 Å². The van der Waals surface area contributed by atoms with Crippen molar-refractivity contribution in [2.45, 2.75) is 6.67 Å². The van der Waals surface area contributed by atoms with E-state index < -0.39 is 6.67 Å². The van der Waals surface area contributed by atoms with Gasteiger partial charge in [-0.25, -0.2) is 19.3 Å². The van der Waals surface area contributed by atoms with Crippen LogP contribution in [0.3, 0.4) is 0 Å². The molecular weight excluding hydrogens is 355 g/mol. The quantitative estimate of drug-likeness (QED) is 0.476. The molecule has 5 rings (SSSR count). The number of alkyl halides is 1. The second kappa shape index (κ2) is 6.70. The zero-order chi connectivity index (χ0) is 18.9. The maximum Gasteiger partial charge on any atom is 0.165 e. The second-order valence-corrected chi connectivity index (χ2v) is 6.30. The van der Waals surface area contributed by atoms with Crippen molar-refractivity contribution >= 4 is 33.6 Å². The van der Waals surface area contributed by atoms with E-state index in [0.29, 0.717) is 34.2 Å². The molecule has 2 aromatic carbocycles. The molecule has 28 heavy (non-hydrogen) atoms. The monoisotopic (exact) mass is 370 g/mol. The number of nitrogens with zero attached hydrogens (tertiary/aromatic N) is 4. The van der Waals surface area contributed by atoms with Gasteiger partial charge in [-0.15, -0.1) is 0 Å². The van der Waals surface area contributed by atoms with Crippen molar-refractivity contribution in [1.29, 1.82) is 0 Å². The van der Waals surface area contributed by atoms with Crippen molar-refractivity contribution in [1.82, 2.24) is 25.1 Å². The molecule has 7 heteroatoms. The van der Waals surface area contributed by atoms with Crippen molar-refractivity contribution in [2.75, 3.05) is 5.32 Å². The molecule has 0 amide bonds. The normalized spacial score (nSPS) is 11.2. The number of pyridine rings is 1. The number of H-pyrrole nitrogens is 1. The van der Waals surface area contributed by atoms with E-state index >= 15 is 0 Å². The molecule has 0 fully saturated rings. The van der Waals surface area contributed by atoms with Crippen LogP contribution in [0.1, 0.15) is 5.56 Å². The summed E-state index contributed by atoms with van der Waals surface area (Å²) in [6, 6.07) is 18.7. The Labute approximate surface area is 159 Å². The predicted octanol–water partition coefficient (Wildman–Crippen LogP) is 4.78. The van der Waals surface area contributed by atoms with Crippen molar-refractivity contribution in [2.24, 2.45) is 0 Å². The van der Waals surface area contributed by atoms with E-state index in [1.807, 2.05) is 48.5 Å². The number of aromatic amines is 1. The van der Waals surface area contributed by atoms with Crippen LogP contribution in [0.25, 0.3) is 33.3 Å².